The molecule has 2 heterocycles. The van der Waals surface area contributed by atoms with Crippen LogP contribution in [0, 0.1) is 0 Å². The molecular formula is C14H17N5O. The maximum absolute atomic E-state index is 11.2. The predicted octanol–water partition coefficient (Wildman–Crippen LogP) is 2.07. The van der Waals surface area contributed by atoms with Crippen LogP contribution >= 0.6 is 0 Å². The highest BCUT2D eigenvalue weighted by molar-refractivity contribution is 5.78. The summed E-state index contributed by atoms with van der Waals surface area (Å²) >= 11 is 0. The van der Waals surface area contributed by atoms with Gasteiger partial charge in [0, 0.05) is 24.6 Å². The number of aromatic nitrogens is 4. The number of nitrogens with one attached hydrogen (secondary N) is 3. The number of aryl methyl sites for hydroxylation is 1. The van der Waals surface area contributed by atoms with E-state index < -0.39 is 0 Å². The van der Waals surface area contributed by atoms with Crippen molar-refractivity contribution in [3.8, 4) is 0 Å². The van der Waals surface area contributed by atoms with Gasteiger partial charge in [0.05, 0.1) is 17.6 Å². The Morgan fingerprint density at radius 3 is 3.00 bits per heavy atom. The summed E-state index contributed by atoms with van der Waals surface area (Å²) in [4.78, 5) is 21.0. The van der Waals surface area contributed by atoms with Gasteiger partial charge in [0.15, 0.2) is 0 Å². The fourth-order valence-electron chi connectivity index (χ4n) is 2.28. The predicted molar refractivity (Wildman–Crippen MR) is 78.8 cm³/mol. The molecule has 0 atom stereocenters. The Morgan fingerprint density at radius 2 is 2.15 bits per heavy atom. The Balaban J connectivity index is 1.75. The van der Waals surface area contributed by atoms with Gasteiger partial charge in [-0.1, -0.05) is 6.92 Å². The lowest BCUT2D eigenvalue weighted by molar-refractivity contribution is 0.644. The lowest BCUT2D eigenvalue weighted by Crippen LogP contribution is -2.08. The van der Waals surface area contributed by atoms with Gasteiger partial charge in [-0.2, -0.15) is 0 Å². The third-order valence-electron chi connectivity index (χ3n) is 3.23. The largest absolute Gasteiger partial charge is 0.378 e. The third-order valence-corrected chi connectivity index (χ3v) is 3.23. The van der Waals surface area contributed by atoms with E-state index in [0.29, 0.717) is 6.54 Å². The van der Waals surface area contributed by atoms with Gasteiger partial charge in [-0.15, -0.1) is 0 Å². The zero-order chi connectivity index (χ0) is 13.9. The fraction of sp³-hybridized carbons (Fsp3) is 0.286. The number of hydrogen-bond acceptors (Lipinski definition) is 3. The van der Waals surface area contributed by atoms with Gasteiger partial charge in [0.1, 0.15) is 5.82 Å². The highest BCUT2D eigenvalue weighted by Gasteiger charge is 2.03. The zero-order valence-electron chi connectivity index (χ0n) is 11.3. The SMILES string of the molecule is CCCn1ccnc1CNc1ccc2[nH]c(=O)[nH]c2c1. The second kappa shape index (κ2) is 5.24. The Labute approximate surface area is 115 Å². The molecule has 6 heteroatoms. The molecule has 0 fully saturated rings. The van der Waals surface area contributed by atoms with E-state index in [1.54, 1.807) is 0 Å². The normalized spacial score (nSPS) is 11.1. The highest BCUT2D eigenvalue weighted by Crippen LogP contribution is 2.15. The number of hydrogen-bond donors (Lipinski definition) is 3. The van der Waals surface area contributed by atoms with Crippen LogP contribution < -0.4 is 11.0 Å². The van der Waals surface area contributed by atoms with Crippen molar-refractivity contribution in [1.29, 1.82) is 0 Å². The molecule has 0 unspecified atom stereocenters. The second-order valence-electron chi connectivity index (χ2n) is 4.73. The van der Waals surface area contributed by atoms with Crippen LogP contribution in [0.4, 0.5) is 5.69 Å². The van der Waals surface area contributed by atoms with Gasteiger partial charge >= 0.3 is 5.69 Å². The van der Waals surface area contributed by atoms with Crippen LogP contribution in [0.1, 0.15) is 19.2 Å². The third kappa shape index (κ3) is 2.45. The van der Waals surface area contributed by atoms with Crippen LogP contribution in [-0.4, -0.2) is 19.5 Å². The van der Waals surface area contributed by atoms with Crippen molar-refractivity contribution in [2.24, 2.45) is 0 Å². The number of H-pyrrole nitrogens is 2. The minimum Gasteiger partial charge on any atom is -0.378 e. The van der Waals surface area contributed by atoms with Gasteiger partial charge in [-0.25, -0.2) is 9.78 Å². The summed E-state index contributed by atoms with van der Waals surface area (Å²) < 4.78 is 2.14. The van der Waals surface area contributed by atoms with Crippen molar-refractivity contribution < 1.29 is 0 Å². The van der Waals surface area contributed by atoms with E-state index in [1.165, 1.54) is 0 Å². The molecule has 0 aliphatic rings. The fourth-order valence-corrected chi connectivity index (χ4v) is 2.28. The molecule has 0 radical (unpaired) electrons. The number of aromatic amines is 2. The maximum Gasteiger partial charge on any atom is 0.323 e. The molecule has 2 aromatic heterocycles. The Kier molecular flexibility index (Phi) is 3.28. The Morgan fingerprint density at radius 1 is 1.30 bits per heavy atom. The van der Waals surface area contributed by atoms with E-state index >= 15 is 0 Å². The van der Waals surface area contributed by atoms with Crippen LogP contribution in [0.15, 0.2) is 35.4 Å². The van der Waals surface area contributed by atoms with Crippen LogP contribution in [-0.2, 0) is 13.1 Å². The smallest absolute Gasteiger partial charge is 0.323 e. The number of fused-ring (bicyclic) bond motifs is 1. The van der Waals surface area contributed by atoms with Crippen molar-refractivity contribution in [1.82, 2.24) is 19.5 Å². The van der Waals surface area contributed by atoms with Gasteiger partial charge in [-0.05, 0) is 24.6 Å². The summed E-state index contributed by atoms with van der Waals surface area (Å²) in [5, 5.41) is 3.33. The topological polar surface area (TPSA) is 78.5 Å². The highest BCUT2D eigenvalue weighted by atomic mass is 16.1. The van der Waals surface area contributed by atoms with E-state index in [-0.39, 0.29) is 5.69 Å². The molecule has 0 amide bonds. The lowest BCUT2D eigenvalue weighted by atomic mass is 10.3. The van der Waals surface area contributed by atoms with Crippen molar-refractivity contribution >= 4 is 16.7 Å². The quantitative estimate of drug-likeness (QED) is 0.664. The second-order valence-corrected chi connectivity index (χ2v) is 4.73. The van der Waals surface area contributed by atoms with Crippen LogP contribution in [0.25, 0.3) is 11.0 Å². The molecule has 20 heavy (non-hydrogen) atoms. The average molecular weight is 271 g/mol. The van der Waals surface area contributed by atoms with Crippen LogP contribution in [0.2, 0.25) is 0 Å². The van der Waals surface area contributed by atoms with E-state index in [2.05, 4.69) is 31.8 Å². The lowest BCUT2D eigenvalue weighted by Gasteiger charge is -2.08. The molecular weight excluding hydrogens is 254 g/mol. The first kappa shape index (κ1) is 12.5. The number of benzene rings is 1. The Bertz CT molecular complexity index is 767. The molecule has 0 bridgehead atoms. The van der Waals surface area contributed by atoms with Crippen LogP contribution in [0.5, 0.6) is 0 Å². The summed E-state index contributed by atoms with van der Waals surface area (Å²) in [6.45, 7) is 3.78. The average Bonchev–Trinajstić information content (AvgIpc) is 3.01. The van der Waals surface area contributed by atoms with Gasteiger partial charge in [0.2, 0.25) is 0 Å². The number of imidazole rings is 2. The monoisotopic (exact) mass is 271 g/mol. The first-order valence-corrected chi connectivity index (χ1v) is 6.72. The van der Waals surface area contributed by atoms with Gasteiger partial charge in [-0.3, -0.25) is 0 Å². The molecule has 3 N–H and O–H groups in total. The van der Waals surface area contributed by atoms with Crippen molar-refractivity contribution in [3.63, 3.8) is 0 Å². The molecule has 0 aliphatic carbocycles. The first-order chi connectivity index (χ1) is 9.76. The number of anilines is 1. The minimum atomic E-state index is -0.185. The zero-order valence-corrected chi connectivity index (χ0v) is 11.3. The van der Waals surface area contributed by atoms with Crippen molar-refractivity contribution in [3.05, 3.63) is 46.9 Å². The van der Waals surface area contributed by atoms with Crippen molar-refractivity contribution in [2.45, 2.75) is 26.4 Å². The summed E-state index contributed by atoms with van der Waals surface area (Å²) in [5.41, 5.74) is 2.39. The van der Waals surface area contributed by atoms with Gasteiger partial charge < -0.3 is 19.9 Å². The Hall–Kier alpha value is -2.50. The van der Waals surface area contributed by atoms with E-state index in [1.807, 2.05) is 30.6 Å². The molecule has 3 rings (SSSR count). The van der Waals surface area contributed by atoms with Crippen molar-refractivity contribution in [2.75, 3.05) is 5.32 Å². The molecule has 0 aliphatic heterocycles. The molecule has 0 saturated heterocycles. The number of nitrogens with zero attached hydrogens (tertiary/aromatic N) is 2. The molecule has 6 nitrogen and oxygen atoms in total. The molecule has 0 saturated carbocycles. The summed E-state index contributed by atoms with van der Waals surface area (Å²) in [6.07, 6.45) is 4.90. The molecule has 3 aromatic rings. The first-order valence-electron chi connectivity index (χ1n) is 6.72. The maximum atomic E-state index is 11.2. The van der Waals surface area contributed by atoms with E-state index in [9.17, 15) is 4.79 Å². The van der Waals surface area contributed by atoms with E-state index in [4.69, 9.17) is 0 Å². The van der Waals surface area contributed by atoms with Gasteiger partial charge in [0.25, 0.3) is 0 Å². The van der Waals surface area contributed by atoms with Crippen LogP contribution in [0.3, 0.4) is 0 Å². The van der Waals surface area contributed by atoms with E-state index in [0.717, 1.165) is 35.5 Å². The summed E-state index contributed by atoms with van der Waals surface area (Å²) in [5.74, 6) is 1.01. The molecule has 0 spiro atoms. The molecule has 1 aromatic carbocycles. The minimum absolute atomic E-state index is 0.185. The molecule has 104 valence electrons. The standard InChI is InChI=1S/C14H17N5O/c1-2-6-19-7-5-15-13(19)9-16-10-3-4-11-12(8-10)18-14(20)17-11/h3-5,7-8,16H,2,6,9H2,1H3,(H2,17,18,20). The summed E-state index contributed by atoms with van der Waals surface area (Å²) in [7, 11) is 0. The number of rotatable bonds is 5. The summed E-state index contributed by atoms with van der Waals surface area (Å²) in [6, 6.07) is 5.74.